The van der Waals surface area contributed by atoms with Crippen molar-refractivity contribution in [2.75, 3.05) is 10.5 Å². The van der Waals surface area contributed by atoms with Crippen LogP contribution < -0.4 is 4.72 Å². The average molecular weight is 296 g/mol. The standard InChI is InChI=1S/C11H15ClFNO3S/c1-7(2)3-4-18(16,17)14-10-6-8(13)5-9(12)11(10)15/h5-7,14-15H,3-4H2,1-2H3. The zero-order chi connectivity index (χ0) is 13.9. The monoisotopic (exact) mass is 295 g/mol. The SMILES string of the molecule is CC(C)CCS(=O)(=O)Nc1cc(F)cc(Cl)c1O. The molecule has 0 heterocycles. The smallest absolute Gasteiger partial charge is 0.232 e. The van der Waals surface area contributed by atoms with Gasteiger partial charge in [0.1, 0.15) is 5.82 Å². The molecule has 0 saturated heterocycles. The van der Waals surface area contributed by atoms with E-state index in [9.17, 15) is 17.9 Å². The van der Waals surface area contributed by atoms with Crippen LogP contribution in [0.2, 0.25) is 5.02 Å². The van der Waals surface area contributed by atoms with Crippen LogP contribution in [-0.4, -0.2) is 19.3 Å². The first kappa shape index (κ1) is 15.0. The molecule has 0 amide bonds. The number of halogens is 2. The van der Waals surface area contributed by atoms with Crippen molar-refractivity contribution in [3.63, 3.8) is 0 Å². The van der Waals surface area contributed by atoms with Gasteiger partial charge in [-0.15, -0.1) is 0 Å². The molecule has 18 heavy (non-hydrogen) atoms. The molecule has 0 aliphatic heterocycles. The summed E-state index contributed by atoms with van der Waals surface area (Å²) in [6.07, 6.45) is 0.471. The Bertz CT molecular complexity index is 531. The van der Waals surface area contributed by atoms with Crippen LogP contribution in [0.1, 0.15) is 20.3 Å². The van der Waals surface area contributed by atoms with Crippen molar-refractivity contribution in [3.05, 3.63) is 23.0 Å². The second kappa shape index (κ2) is 5.75. The van der Waals surface area contributed by atoms with E-state index >= 15 is 0 Å². The van der Waals surface area contributed by atoms with E-state index in [1.54, 1.807) is 0 Å². The highest BCUT2D eigenvalue weighted by Crippen LogP contribution is 2.33. The molecule has 1 rings (SSSR count). The summed E-state index contributed by atoms with van der Waals surface area (Å²) in [5.41, 5.74) is -0.247. The number of nitrogens with one attached hydrogen (secondary N) is 1. The Morgan fingerprint density at radius 1 is 1.44 bits per heavy atom. The van der Waals surface area contributed by atoms with Crippen LogP contribution in [0.3, 0.4) is 0 Å². The molecule has 0 atom stereocenters. The molecule has 1 aromatic carbocycles. The maximum absolute atomic E-state index is 13.1. The summed E-state index contributed by atoms with van der Waals surface area (Å²) >= 11 is 5.55. The maximum atomic E-state index is 13.1. The first-order valence-electron chi connectivity index (χ1n) is 5.40. The molecule has 4 nitrogen and oxygen atoms in total. The highest BCUT2D eigenvalue weighted by molar-refractivity contribution is 7.92. The molecule has 0 unspecified atom stereocenters. The fourth-order valence-electron chi connectivity index (χ4n) is 1.25. The summed E-state index contributed by atoms with van der Waals surface area (Å²) < 4.78 is 38.6. The van der Waals surface area contributed by atoms with Gasteiger partial charge in [0.2, 0.25) is 10.0 Å². The lowest BCUT2D eigenvalue weighted by Gasteiger charge is -2.11. The van der Waals surface area contributed by atoms with Crippen LogP contribution in [0, 0.1) is 11.7 Å². The molecule has 1 aromatic rings. The molecule has 0 spiro atoms. The lowest BCUT2D eigenvalue weighted by molar-refractivity contribution is 0.476. The Hall–Kier alpha value is -1.01. The summed E-state index contributed by atoms with van der Waals surface area (Å²) in [6.45, 7) is 3.79. The van der Waals surface area contributed by atoms with E-state index in [1.807, 2.05) is 13.8 Å². The summed E-state index contributed by atoms with van der Waals surface area (Å²) in [5, 5.41) is 9.30. The molecule has 0 aliphatic carbocycles. The molecule has 0 bridgehead atoms. The van der Waals surface area contributed by atoms with Crippen LogP contribution in [-0.2, 0) is 10.0 Å². The fourth-order valence-corrected chi connectivity index (χ4v) is 2.83. The molecule has 7 heteroatoms. The van der Waals surface area contributed by atoms with Gasteiger partial charge in [-0.05, 0) is 18.4 Å². The van der Waals surface area contributed by atoms with Crippen LogP contribution >= 0.6 is 11.6 Å². The number of aromatic hydroxyl groups is 1. The van der Waals surface area contributed by atoms with E-state index < -0.39 is 21.6 Å². The fraction of sp³-hybridized carbons (Fsp3) is 0.455. The first-order valence-corrected chi connectivity index (χ1v) is 7.43. The highest BCUT2D eigenvalue weighted by Gasteiger charge is 2.16. The van der Waals surface area contributed by atoms with Gasteiger partial charge in [0.05, 0.1) is 16.5 Å². The van der Waals surface area contributed by atoms with Crippen LogP contribution in [0.5, 0.6) is 5.75 Å². The van der Waals surface area contributed by atoms with Gasteiger partial charge in [-0.25, -0.2) is 12.8 Å². The van der Waals surface area contributed by atoms with Crippen molar-refractivity contribution >= 4 is 27.3 Å². The van der Waals surface area contributed by atoms with Crippen LogP contribution in [0.15, 0.2) is 12.1 Å². The van der Waals surface area contributed by atoms with Gasteiger partial charge >= 0.3 is 0 Å². The van der Waals surface area contributed by atoms with Gasteiger partial charge < -0.3 is 5.11 Å². The van der Waals surface area contributed by atoms with E-state index in [2.05, 4.69) is 4.72 Å². The minimum atomic E-state index is -3.62. The maximum Gasteiger partial charge on any atom is 0.232 e. The predicted octanol–water partition coefficient (Wildman–Crippen LogP) is 2.97. The van der Waals surface area contributed by atoms with Gasteiger partial charge in [-0.3, -0.25) is 4.72 Å². The second-order valence-electron chi connectivity index (χ2n) is 4.39. The minimum Gasteiger partial charge on any atom is -0.504 e. The van der Waals surface area contributed by atoms with Crippen LogP contribution in [0.4, 0.5) is 10.1 Å². The number of phenols is 1. The molecular weight excluding hydrogens is 281 g/mol. The zero-order valence-electron chi connectivity index (χ0n) is 10.1. The third kappa shape index (κ3) is 4.34. The number of phenolic OH excluding ortho intramolecular Hbond substituents is 1. The third-order valence-corrected chi connectivity index (χ3v) is 3.85. The van der Waals surface area contributed by atoms with Gasteiger partial charge in [0.25, 0.3) is 0 Å². The van der Waals surface area contributed by atoms with Crippen LogP contribution in [0.25, 0.3) is 0 Å². The van der Waals surface area contributed by atoms with Gasteiger partial charge in [0, 0.05) is 6.07 Å². The van der Waals surface area contributed by atoms with Crippen molar-refractivity contribution in [1.29, 1.82) is 0 Å². The van der Waals surface area contributed by atoms with E-state index in [4.69, 9.17) is 11.6 Å². The first-order chi connectivity index (χ1) is 8.21. The molecule has 0 fully saturated rings. The zero-order valence-corrected chi connectivity index (χ0v) is 11.6. The van der Waals surface area contributed by atoms with Crippen molar-refractivity contribution in [1.82, 2.24) is 0 Å². The van der Waals surface area contributed by atoms with Crippen molar-refractivity contribution in [2.45, 2.75) is 20.3 Å². The van der Waals surface area contributed by atoms with Crippen molar-refractivity contribution in [3.8, 4) is 5.75 Å². The number of sulfonamides is 1. The second-order valence-corrected chi connectivity index (χ2v) is 6.64. The Kier molecular flexibility index (Phi) is 4.81. The van der Waals surface area contributed by atoms with Gasteiger partial charge in [-0.2, -0.15) is 0 Å². The lowest BCUT2D eigenvalue weighted by Crippen LogP contribution is -2.18. The highest BCUT2D eigenvalue weighted by atomic mass is 35.5. The number of hydrogen-bond donors (Lipinski definition) is 2. The topological polar surface area (TPSA) is 66.4 Å². The summed E-state index contributed by atoms with van der Waals surface area (Å²) in [7, 11) is -3.62. The Morgan fingerprint density at radius 2 is 2.06 bits per heavy atom. The number of anilines is 1. The van der Waals surface area contributed by atoms with Crippen molar-refractivity contribution in [2.24, 2.45) is 5.92 Å². The van der Waals surface area contributed by atoms with Gasteiger partial charge in [-0.1, -0.05) is 25.4 Å². The van der Waals surface area contributed by atoms with Gasteiger partial charge in [0.15, 0.2) is 5.75 Å². The summed E-state index contributed by atoms with van der Waals surface area (Å²) in [4.78, 5) is 0. The van der Waals surface area contributed by atoms with Crippen molar-refractivity contribution < 1.29 is 17.9 Å². The number of hydrogen-bond acceptors (Lipinski definition) is 3. The number of benzene rings is 1. The quantitative estimate of drug-likeness (QED) is 0.821. The molecule has 102 valence electrons. The Labute approximate surface area is 111 Å². The van der Waals surface area contributed by atoms with E-state index in [1.165, 1.54) is 0 Å². The molecule has 0 saturated carbocycles. The van der Waals surface area contributed by atoms with E-state index in [0.29, 0.717) is 6.42 Å². The molecule has 0 radical (unpaired) electrons. The Balaban J connectivity index is 2.91. The number of rotatable bonds is 5. The average Bonchev–Trinajstić information content (AvgIpc) is 2.22. The largest absolute Gasteiger partial charge is 0.504 e. The molecule has 0 aliphatic rings. The normalized spacial score (nSPS) is 11.8. The Morgan fingerprint density at radius 3 is 2.61 bits per heavy atom. The third-order valence-electron chi connectivity index (χ3n) is 2.26. The molecular formula is C11H15ClFNO3S. The molecule has 2 N–H and O–H groups in total. The summed E-state index contributed by atoms with van der Waals surface area (Å²) in [5.74, 6) is -1.07. The van der Waals surface area contributed by atoms with E-state index in [-0.39, 0.29) is 22.4 Å². The predicted molar refractivity (Wildman–Crippen MR) is 69.9 cm³/mol. The summed E-state index contributed by atoms with van der Waals surface area (Å²) in [6, 6.07) is 1.79. The minimum absolute atomic E-state index is 0.0990. The lowest BCUT2D eigenvalue weighted by atomic mass is 10.2. The van der Waals surface area contributed by atoms with E-state index in [0.717, 1.165) is 12.1 Å². The molecule has 0 aromatic heterocycles.